The topological polar surface area (TPSA) is 68.0 Å². The third kappa shape index (κ3) is 3.38. The summed E-state index contributed by atoms with van der Waals surface area (Å²) in [4.78, 5) is 18.1. The van der Waals surface area contributed by atoms with E-state index in [1.54, 1.807) is 11.3 Å². The molecule has 1 aromatic rings. The normalized spacial score (nSPS) is 26.4. The fourth-order valence-electron chi connectivity index (χ4n) is 2.78. The summed E-state index contributed by atoms with van der Waals surface area (Å²) in [5.41, 5.74) is 5.56. The Kier molecular flexibility index (Phi) is 5.16. The second-order valence-electron chi connectivity index (χ2n) is 5.92. The minimum absolute atomic E-state index is 0.111. The number of amides is 1. The van der Waals surface area contributed by atoms with E-state index in [1.807, 2.05) is 6.20 Å². The SMILES string of the molecule is CCc1cnc(CNC(=O)C2(CN)CCC(C)CC2)s1. The van der Waals surface area contributed by atoms with Gasteiger partial charge in [0.25, 0.3) is 0 Å². The summed E-state index contributed by atoms with van der Waals surface area (Å²) in [5, 5.41) is 4.02. The number of nitrogens with one attached hydrogen (secondary N) is 1. The van der Waals surface area contributed by atoms with Crippen LogP contribution in [-0.4, -0.2) is 17.4 Å². The second-order valence-corrected chi connectivity index (χ2v) is 7.12. The predicted octanol–water partition coefficient (Wildman–Crippen LogP) is 2.48. The number of rotatable bonds is 5. The molecular formula is C15H25N3OS. The lowest BCUT2D eigenvalue weighted by Gasteiger charge is -2.37. The van der Waals surface area contributed by atoms with E-state index in [2.05, 4.69) is 24.1 Å². The molecule has 1 saturated carbocycles. The lowest BCUT2D eigenvalue weighted by atomic mass is 9.70. The van der Waals surface area contributed by atoms with Gasteiger partial charge in [-0.25, -0.2) is 4.98 Å². The monoisotopic (exact) mass is 295 g/mol. The van der Waals surface area contributed by atoms with Gasteiger partial charge in [-0.1, -0.05) is 13.8 Å². The van der Waals surface area contributed by atoms with Crippen molar-refractivity contribution < 1.29 is 4.79 Å². The van der Waals surface area contributed by atoms with Crippen molar-refractivity contribution in [3.05, 3.63) is 16.1 Å². The van der Waals surface area contributed by atoms with Gasteiger partial charge in [0.15, 0.2) is 0 Å². The largest absolute Gasteiger partial charge is 0.349 e. The van der Waals surface area contributed by atoms with E-state index in [9.17, 15) is 4.79 Å². The molecule has 0 aromatic carbocycles. The van der Waals surface area contributed by atoms with Gasteiger partial charge in [-0.15, -0.1) is 11.3 Å². The highest BCUT2D eigenvalue weighted by molar-refractivity contribution is 7.11. The van der Waals surface area contributed by atoms with Crippen LogP contribution in [0.2, 0.25) is 0 Å². The average Bonchev–Trinajstić information content (AvgIpc) is 2.94. The van der Waals surface area contributed by atoms with Crippen molar-refractivity contribution in [1.29, 1.82) is 0 Å². The van der Waals surface area contributed by atoms with Crippen LogP contribution in [0.1, 0.15) is 49.4 Å². The number of carbonyl (C=O) groups excluding carboxylic acids is 1. The molecule has 0 saturated heterocycles. The molecule has 112 valence electrons. The number of nitrogens with zero attached hydrogens (tertiary/aromatic N) is 1. The first-order valence-corrected chi connectivity index (χ1v) is 8.33. The first kappa shape index (κ1) is 15.4. The molecule has 1 heterocycles. The van der Waals surface area contributed by atoms with Gasteiger partial charge in [0, 0.05) is 17.6 Å². The highest BCUT2D eigenvalue weighted by Gasteiger charge is 2.39. The molecule has 0 radical (unpaired) electrons. The minimum Gasteiger partial charge on any atom is -0.349 e. The van der Waals surface area contributed by atoms with Crippen molar-refractivity contribution in [2.45, 2.75) is 52.5 Å². The molecule has 0 spiro atoms. The highest BCUT2D eigenvalue weighted by Crippen LogP contribution is 2.38. The van der Waals surface area contributed by atoms with Crippen molar-refractivity contribution in [2.75, 3.05) is 6.54 Å². The molecule has 1 fully saturated rings. The summed E-state index contributed by atoms with van der Waals surface area (Å²) >= 11 is 1.67. The Bertz CT molecular complexity index is 450. The summed E-state index contributed by atoms with van der Waals surface area (Å²) in [6.07, 6.45) is 6.91. The molecule has 0 atom stereocenters. The lowest BCUT2D eigenvalue weighted by molar-refractivity contribution is -0.133. The molecule has 1 amide bonds. The Balaban J connectivity index is 1.92. The van der Waals surface area contributed by atoms with Crippen LogP contribution in [0.3, 0.4) is 0 Å². The third-order valence-electron chi connectivity index (χ3n) is 4.45. The van der Waals surface area contributed by atoms with E-state index in [-0.39, 0.29) is 11.3 Å². The Labute approximate surface area is 125 Å². The third-order valence-corrected chi connectivity index (χ3v) is 5.60. The predicted molar refractivity (Wildman–Crippen MR) is 82.5 cm³/mol. The summed E-state index contributed by atoms with van der Waals surface area (Å²) in [6, 6.07) is 0. The van der Waals surface area contributed by atoms with Crippen LogP contribution in [0.25, 0.3) is 0 Å². The zero-order valence-electron chi connectivity index (χ0n) is 12.4. The van der Waals surface area contributed by atoms with Gasteiger partial charge in [0.1, 0.15) is 5.01 Å². The standard InChI is InChI=1S/C15H25N3OS/c1-3-12-8-17-13(20-12)9-18-14(19)15(10-16)6-4-11(2)5-7-15/h8,11H,3-7,9-10,16H2,1-2H3,(H,18,19). The number of hydrogen-bond acceptors (Lipinski definition) is 4. The molecule has 1 aromatic heterocycles. The van der Waals surface area contributed by atoms with Crippen molar-refractivity contribution in [2.24, 2.45) is 17.1 Å². The van der Waals surface area contributed by atoms with Crippen LogP contribution in [0, 0.1) is 11.3 Å². The number of aryl methyl sites for hydroxylation is 1. The molecule has 20 heavy (non-hydrogen) atoms. The number of aromatic nitrogens is 1. The van der Waals surface area contributed by atoms with Crippen molar-refractivity contribution in [3.63, 3.8) is 0 Å². The number of carbonyl (C=O) groups is 1. The van der Waals surface area contributed by atoms with E-state index in [4.69, 9.17) is 5.73 Å². The summed E-state index contributed by atoms with van der Waals surface area (Å²) in [6.45, 7) is 5.34. The Morgan fingerprint density at radius 2 is 2.25 bits per heavy atom. The molecule has 0 unspecified atom stereocenters. The van der Waals surface area contributed by atoms with E-state index in [0.717, 1.165) is 37.1 Å². The maximum atomic E-state index is 12.5. The molecule has 0 bridgehead atoms. The Morgan fingerprint density at radius 3 is 2.80 bits per heavy atom. The maximum absolute atomic E-state index is 12.5. The van der Waals surface area contributed by atoms with Gasteiger partial charge in [-0.2, -0.15) is 0 Å². The summed E-state index contributed by atoms with van der Waals surface area (Å²) in [5.74, 6) is 0.827. The highest BCUT2D eigenvalue weighted by atomic mass is 32.1. The smallest absolute Gasteiger partial charge is 0.227 e. The minimum atomic E-state index is -0.350. The van der Waals surface area contributed by atoms with Gasteiger partial charge in [0.05, 0.1) is 12.0 Å². The molecule has 2 rings (SSSR count). The first-order chi connectivity index (χ1) is 9.59. The van der Waals surface area contributed by atoms with E-state index < -0.39 is 0 Å². The van der Waals surface area contributed by atoms with Crippen LogP contribution in [0.5, 0.6) is 0 Å². The zero-order valence-corrected chi connectivity index (χ0v) is 13.3. The van der Waals surface area contributed by atoms with Gasteiger partial charge in [-0.05, 0) is 38.0 Å². The van der Waals surface area contributed by atoms with Crippen LogP contribution >= 0.6 is 11.3 Å². The number of thiazole rings is 1. The van der Waals surface area contributed by atoms with Gasteiger partial charge in [0.2, 0.25) is 5.91 Å². The maximum Gasteiger partial charge on any atom is 0.227 e. The van der Waals surface area contributed by atoms with Crippen LogP contribution in [0.4, 0.5) is 0 Å². The van der Waals surface area contributed by atoms with Gasteiger partial charge in [-0.3, -0.25) is 4.79 Å². The lowest BCUT2D eigenvalue weighted by Crippen LogP contribution is -2.47. The molecule has 1 aliphatic rings. The van der Waals surface area contributed by atoms with Crippen molar-refractivity contribution in [3.8, 4) is 0 Å². The van der Waals surface area contributed by atoms with E-state index in [1.165, 1.54) is 4.88 Å². The number of hydrogen-bond donors (Lipinski definition) is 2. The number of nitrogens with two attached hydrogens (primary N) is 1. The van der Waals surface area contributed by atoms with Gasteiger partial charge < -0.3 is 11.1 Å². The van der Waals surface area contributed by atoms with E-state index in [0.29, 0.717) is 19.0 Å². The average molecular weight is 295 g/mol. The Hall–Kier alpha value is -0.940. The van der Waals surface area contributed by atoms with Crippen molar-refractivity contribution >= 4 is 17.2 Å². The molecule has 1 aliphatic carbocycles. The van der Waals surface area contributed by atoms with E-state index >= 15 is 0 Å². The summed E-state index contributed by atoms with van der Waals surface area (Å²) in [7, 11) is 0. The molecular weight excluding hydrogens is 270 g/mol. The molecule has 0 aliphatic heterocycles. The Morgan fingerprint density at radius 1 is 1.55 bits per heavy atom. The quantitative estimate of drug-likeness (QED) is 0.877. The molecule has 5 heteroatoms. The fourth-order valence-corrected chi connectivity index (χ4v) is 3.58. The molecule has 3 N–H and O–H groups in total. The molecule has 4 nitrogen and oxygen atoms in total. The van der Waals surface area contributed by atoms with Crippen LogP contribution in [-0.2, 0) is 17.8 Å². The second kappa shape index (κ2) is 6.68. The van der Waals surface area contributed by atoms with Crippen molar-refractivity contribution in [1.82, 2.24) is 10.3 Å². The van der Waals surface area contributed by atoms with Crippen LogP contribution in [0.15, 0.2) is 6.20 Å². The summed E-state index contributed by atoms with van der Waals surface area (Å²) < 4.78 is 0. The van der Waals surface area contributed by atoms with Crippen LogP contribution < -0.4 is 11.1 Å². The van der Waals surface area contributed by atoms with Gasteiger partial charge >= 0.3 is 0 Å². The first-order valence-electron chi connectivity index (χ1n) is 7.51. The zero-order chi connectivity index (χ0) is 14.6. The fraction of sp³-hybridized carbons (Fsp3) is 0.733.